The van der Waals surface area contributed by atoms with Gasteiger partial charge >= 0.3 is 0 Å². The van der Waals surface area contributed by atoms with E-state index in [4.69, 9.17) is 0 Å². The molecule has 0 amide bonds. The quantitative estimate of drug-likeness (QED) is 0.628. The lowest BCUT2D eigenvalue weighted by Crippen LogP contribution is -2.12. The zero-order valence-electron chi connectivity index (χ0n) is 5.50. The predicted octanol–water partition coefficient (Wildman–Crippen LogP) is 0.745. The number of H-pyrrole nitrogens is 1. The summed E-state index contributed by atoms with van der Waals surface area (Å²) in [6.07, 6.45) is 3.64. The second-order valence-electron chi connectivity index (χ2n) is 2.18. The van der Waals surface area contributed by atoms with Crippen LogP contribution in [0.3, 0.4) is 0 Å². The second-order valence-corrected chi connectivity index (χ2v) is 3.39. The van der Waals surface area contributed by atoms with Crippen LogP contribution >= 0.6 is 11.8 Å². The summed E-state index contributed by atoms with van der Waals surface area (Å²) in [7, 11) is 0. The maximum atomic E-state index is 4.16. The van der Waals surface area contributed by atoms with Crippen LogP contribution in [-0.2, 0) is 0 Å². The Morgan fingerprint density at radius 2 is 2.70 bits per heavy atom. The first-order valence-corrected chi connectivity index (χ1v) is 4.36. The molecular weight excluding hydrogens is 146 g/mol. The molecule has 1 aliphatic rings. The number of aromatic nitrogens is 2. The average Bonchev–Trinajstić information content (AvgIpc) is 2.59. The van der Waals surface area contributed by atoms with Crippen molar-refractivity contribution in [3.63, 3.8) is 0 Å². The Morgan fingerprint density at radius 1 is 1.70 bits per heavy atom. The van der Waals surface area contributed by atoms with Crippen molar-refractivity contribution in [2.24, 2.45) is 0 Å². The summed E-state index contributed by atoms with van der Waals surface area (Å²) in [6, 6.07) is 0. The van der Waals surface area contributed by atoms with E-state index in [-0.39, 0.29) is 0 Å². The molecule has 0 bridgehead atoms. The van der Waals surface area contributed by atoms with Crippen molar-refractivity contribution in [3.05, 3.63) is 18.2 Å². The summed E-state index contributed by atoms with van der Waals surface area (Å²) in [5.41, 5.74) is 0. The fourth-order valence-corrected chi connectivity index (χ4v) is 2.02. The fourth-order valence-electron chi connectivity index (χ4n) is 1.02. The summed E-state index contributed by atoms with van der Waals surface area (Å²) in [5, 5.41) is 3.73. The number of nitrogens with zero attached hydrogens (tertiary/aromatic N) is 1. The fraction of sp³-hybridized carbons (Fsp3) is 0.500. The Morgan fingerprint density at radius 3 is 3.30 bits per heavy atom. The molecule has 0 spiro atoms. The molecule has 0 radical (unpaired) electrons. The highest BCUT2D eigenvalue weighted by molar-refractivity contribution is 7.99. The molecule has 2 N–H and O–H groups in total. The van der Waals surface area contributed by atoms with Gasteiger partial charge in [-0.25, -0.2) is 4.98 Å². The van der Waals surface area contributed by atoms with Crippen LogP contribution in [-0.4, -0.2) is 22.3 Å². The van der Waals surface area contributed by atoms with Crippen molar-refractivity contribution in [3.8, 4) is 0 Å². The largest absolute Gasteiger partial charge is 0.347 e. The Bertz CT molecular complexity index is 191. The van der Waals surface area contributed by atoms with E-state index < -0.39 is 0 Å². The highest BCUT2D eigenvalue weighted by Gasteiger charge is 2.17. The van der Waals surface area contributed by atoms with Gasteiger partial charge in [0.1, 0.15) is 11.2 Å². The van der Waals surface area contributed by atoms with Crippen molar-refractivity contribution in [1.29, 1.82) is 0 Å². The van der Waals surface area contributed by atoms with Crippen LogP contribution in [0.5, 0.6) is 0 Å². The predicted molar refractivity (Wildman–Crippen MR) is 41.8 cm³/mol. The Balaban J connectivity index is 2.12. The van der Waals surface area contributed by atoms with Crippen LogP contribution in [0.1, 0.15) is 11.2 Å². The van der Waals surface area contributed by atoms with E-state index in [2.05, 4.69) is 15.3 Å². The minimum Gasteiger partial charge on any atom is -0.347 e. The number of nitrogens with one attached hydrogen (secondary N) is 2. The highest BCUT2D eigenvalue weighted by atomic mass is 32.2. The van der Waals surface area contributed by atoms with Crippen LogP contribution in [0.25, 0.3) is 0 Å². The van der Waals surface area contributed by atoms with E-state index in [1.807, 2.05) is 18.0 Å². The molecule has 2 rings (SSSR count). The van der Waals surface area contributed by atoms with Crippen molar-refractivity contribution < 1.29 is 0 Å². The van der Waals surface area contributed by atoms with E-state index >= 15 is 0 Å². The van der Waals surface area contributed by atoms with Crippen LogP contribution in [0.15, 0.2) is 12.4 Å². The normalized spacial score (nSPS) is 25.4. The van der Waals surface area contributed by atoms with E-state index in [0.29, 0.717) is 5.37 Å². The molecule has 0 unspecified atom stereocenters. The third-order valence-corrected chi connectivity index (χ3v) is 2.65. The first kappa shape index (κ1) is 6.24. The third-order valence-electron chi connectivity index (χ3n) is 1.48. The molecule has 0 aliphatic carbocycles. The lowest BCUT2D eigenvalue weighted by Gasteiger charge is -2.03. The lowest BCUT2D eigenvalue weighted by atomic mass is 10.6. The van der Waals surface area contributed by atoms with Crippen molar-refractivity contribution >= 4 is 11.8 Å². The molecule has 3 nitrogen and oxygen atoms in total. The molecule has 1 atom stereocenters. The highest BCUT2D eigenvalue weighted by Crippen LogP contribution is 2.26. The number of hydrogen-bond donors (Lipinski definition) is 2. The first-order chi connectivity index (χ1) is 4.97. The minimum atomic E-state index is 0.398. The monoisotopic (exact) mass is 155 g/mol. The summed E-state index contributed by atoms with van der Waals surface area (Å²) in [4.78, 5) is 7.24. The summed E-state index contributed by atoms with van der Waals surface area (Å²) in [6.45, 7) is 1.09. The van der Waals surface area contributed by atoms with E-state index in [0.717, 1.165) is 12.4 Å². The molecule has 1 saturated heterocycles. The zero-order valence-corrected chi connectivity index (χ0v) is 6.32. The number of thioether (sulfide) groups is 1. The van der Waals surface area contributed by atoms with Gasteiger partial charge in [-0.2, -0.15) is 0 Å². The smallest absolute Gasteiger partial charge is 0.133 e. The number of aromatic amines is 1. The van der Waals surface area contributed by atoms with Gasteiger partial charge in [0.05, 0.1) is 0 Å². The number of rotatable bonds is 1. The summed E-state index contributed by atoms with van der Waals surface area (Å²) >= 11 is 1.90. The summed E-state index contributed by atoms with van der Waals surface area (Å²) < 4.78 is 0. The van der Waals surface area contributed by atoms with Gasteiger partial charge in [0.25, 0.3) is 0 Å². The molecule has 0 aromatic carbocycles. The van der Waals surface area contributed by atoms with E-state index in [1.165, 1.54) is 5.75 Å². The van der Waals surface area contributed by atoms with Gasteiger partial charge in [0.15, 0.2) is 0 Å². The Kier molecular flexibility index (Phi) is 1.65. The molecule has 1 aromatic heterocycles. The standard InChI is InChI=1S/C6H9N3S/c1-2-8-5(7-1)6-9-3-4-10-6/h1-2,6,9H,3-4H2,(H,7,8)/t6-/m0/s1. The SMILES string of the molecule is c1c[nH]c([C@H]2NCCS2)n1. The minimum absolute atomic E-state index is 0.398. The molecule has 4 heteroatoms. The molecule has 2 heterocycles. The molecule has 1 aliphatic heterocycles. The first-order valence-electron chi connectivity index (χ1n) is 3.31. The van der Waals surface area contributed by atoms with E-state index in [9.17, 15) is 0 Å². The van der Waals surface area contributed by atoms with Crippen molar-refractivity contribution in [1.82, 2.24) is 15.3 Å². The van der Waals surface area contributed by atoms with Crippen molar-refractivity contribution in [2.75, 3.05) is 12.3 Å². The van der Waals surface area contributed by atoms with Gasteiger partial charge in [0, 0.05) is 24.7 Å². The van der Waals surface area contributed by atoms with Gasteiger partial charge in [-0.15, -0.1) is 11.8 Å². The maximum Gasteiger partial charge on any atom is 0.133 e. The second kappa shape index (κ2) is 2.64. The lowest BCUT2D eigenvalue weighted by molar-refractivity contribution is 0.718. The van der Waals surface area contributed by atoms with E-state index in [1.54, 1.807) is 6.20 Å². The molecule has 1 fully saturated rings. The molecule has 1 aromatic rings. The van der Waals surface area contributed by atoms with Gasteiger partial charge in [-0.05, 0) is 0 Å². The Labute approximate surface area is 63.6 Å². The molecule has 54 valence electrons. The van der Waals surface area contributed by atoms with Crippen molar-refractivity contribution in [2.45, 2.75) is 5.37 Å². The van der Waals surface area contributed by atoms with Crippen LogP contribution in [0.4, 0.5) is 0 Å². The number of imidazole rings is 1. The van der Waals surface area contributed by atoms with Gasteiger partial charge in [0.2, 0.25) is 0 Å². The Hall–Kier alpha value is -0.480. The van der Waals surface area contributed by atoms with Gasteiger partial charge in [-0.1, -0.05) is 0 Å². The summed E-state index contributed by atoms with van der Waals surface area (Å²) in [5.74, 6) is 2.23. The topological polar surface area (TPSA) is 40.7 Å². The van der Waals surface area contributed by atoms with Crippen LogP contribution < -0.4 is 5.32 Å². The molecular formula is C6H9N3S. The zero-order chi connectivity index (χ0) is 6.81. The third kappa shape index (κ3) is 1.04. The van der Waals surface area contributed by atoms with Crippen LogP contribution in [0.2, 0.25) is 0 Å². The maximum absolute atomic E-state index is 4.16. The number of hydrogen-bond acceptors (Lipinski definition) is 3. The van der Waals surface area contributed by atoms with Gasteiger partial charge < -0.3 is 4.98 Å². The molecule has 0 saturated carbocycles. The van der Waals surface area contributed by atoms with Gasteiger partial charge in [-0.3, -0.25) is 5.32 Å². The van der Waals surface area contributed by atoms with Crippen LogP contribution in [0, 0.1) is 0 Å². The molecule has 10 heavy (non-hydrogen) atoms. The average molecular weight is 155 g/mol.